The molecular weight excluding hydrogens is 305 g/mol. The third kappa shape index (κ3) is 7.34. The number of ketones is 1. The Kier molecular flexibility index (Phi) is 8.22. The molecule has 22 heavy (non-hydrogen) atoms. The Bertz CT molecular complexity index is 395. The number of aliphatic hydroxyl groups is 2. The lowest BCUT2D eigenvalue weighted by molar-refractivity contribution is -0.122. The summed E-state index contributed by atoms with van der Waals surface area (Å²) < 4.78 is 12.2. The maximum absolute atomic E-state index is 12.2. The van der Waals surface area contributed by atoms with Gasteiger partial charge < -0.3 is 20.8 Å². The highest BCUT2D eigenvalue weighted by molar-refractivity contribution is 7.58. The van der Waals surface area contributed by atoms with Gasteiger partial charge in [-0.15, -0.1) is 0 Å². The monoisotopic (exact) mass is 335 g/mol. The van der Waals surface area contributed by atoms with E-state index in [0.29, 0.717) is 0 Å². The molecule has 0 radical (unpaired) electrons. The fourth-order valence-electron chi connectivity index (χ4n) is 3.01. The van der Waals surface area contributed by atoms with E-state index in [1.54, 1.807) is 0 Å². The van der Waals surface area contributed by atoms with Crippen LogP contribution in [0.25, 0.3) is 0 Å². The van der Waals surface area contributed by atoms with Gasteiger partial charge in [-0.25, -0.2) is 0 Å². The molecule has 0 aromatic carbocycles. The van der Waals surface area contributed by atoms with Crippen molar-refractivity contribution in [2.75, 3.05) is 12.3 Å². The van der Waals surface area contributed by atoms with E-state index in [1.165, 1.54) is 13.3 Å². The molecule has 1 aliphatic carbocycles. The average molecular weight is 335 g/mol. The molecule has 5 N–H and O–H groups in total. The number of carbonyl (C=O) groups excluding carboxylic acids is 1. The third-order valence-electron chi connectivity index (χ3n) is 4.38. The molecule has 2 unspecified atom stereocenters. The van der Waals surface area contributed by atoms with Gasteiger partial charge in [-0.1, -0.05) is 19.3 Å². The van der Waals surface area contributed by atoms with Gasteiger partial charge in [0.1, 0.15) is 0 Å². The van der Waals surface area contributed by atoms with Gasteiger partial charge in [0.2, 0.25) is 7.37 Å². The summed E-state index contributed by atoms with van der Waals surface area (Å²) in [6, 6.07) is -0.963. The van der Waals surface area contributed by atoms with Crippen molar-refractivity contribution in [3.63, 3.8) is 0 Å². The van der Waals surface area contributed by atoms with E-state index in [4.69, 9.17) is 5.73 Å². The molecule has 1 fully saturated rings. The summed E-state index contributed by atoms with van der Waals surface area (Å²) in [5.74, 6) is -0.0591. The fraction of sp³-hybridized carbons (Fsp3) is 0.933. The van der Waals surface area contributed by atoms with Crippen molar-refractivity contribution in [3.8, 4) is 0 Å². The maximum Gasteiger partial charge on any atom is 0.203 e. The van der Waals surface area contributed by atoms with Crippen molar-refractivity contribution in [3.05, 3.63) is 0 Å². The molecule has 4 atom stereocenters. The van der Waals surface area contributed by atoms with Gasteiger partial charge in [-0.2, -0.15) is 0 Å². The third-order valence-corrected chi connectivity index (χ3v) is 6.46. The molecule has 6 nitrogen and oxygen atoms in total. The molecule has 0 aliphatic heterocycles. The predicted octanol–water partition coefficient (Wildman–Crippen LogP) is 1.26. The van der Waals surface area contributed by atoms with Crippen LogP contribution in [-0.4, -0.2) is 51.5 Å². The zero-order valence-corrected chi connectivity index (χ0v) is 14.3. The number of hydrogen-bond donors (Lipinski definition) is 4. The molecule has 0 spiro atoms. The molecule has 0 saturated heterocycles. The number of Topliss-reactive ketones (excluding diaryl/α,β-unsaturated/α-hetero) is 1. The molecule has 0 aromatic rings. The summed E-state index contributed by atoms with van der Waals surface area (Å²) in [6.45, 7) is 1.44. The number of rotatable bonds is 9. The Morgan fingerprint density at radius 3 is 2.41 bits per heavy atom. The standard InChI is InChI=1S/C15H30NO5P/c1-11(17)15(16)14(19)8-7-13(18)10-22(20,21)9-12-5-3-2-4-6-12/h11-13,15,17-18H,2-10,16H2,1H3,(H,20,21)/t11?,13-,15+/m1/s1. The lowest BCUT2D eigenvalue weighted by atomic mass is 9.91. The van der Waals surface area contributed by atoms with Crippen LogP contribution in [0, 0.1) is 5.92 Å². The van der Waals surface area contributed by atoms with Crippen LogP contribution in [0.1, 0.15) is 51.9 Å². The second kappa shape index (κ2) is 9.14. The van der Waals surface area contributed by atoms with Crippen molar-refractivity contribution in [2.24, 2.45) is 11.7 Å². The molecule has 0 bridgehead atoms. The minimum Gasteiger partial charge on any atom is -0.393 e. The fourth-order valence-corrected chi connectivity index (χ4v) is 5.18. The largest absolute Gasteiger partial charge is 0.393 e. The first-order valence-electron chi connectivity index (χ1n) is 8.16. The Hall–Kier alpha value is -0.260. The molecule has 0 heterocycles. The molecule has 1 aliphatic rings. The Balaban J connectivity index is 2.34. The van der Waals surface area contributed by atoms with Crippen molar-refractivity contribution >= 4 is 13.2 Å². The molecule has 0 amide bonds. The number of nitrogens with two attached hydrogens (primary N) is 1. The van der Waals surface area contributed by atoms with Crippen LogP contribution in [0.5, 0.6) is 0 Å². The average Bonchev–Trinajstić information content (AvgIpc) is 2.43. The van der Waals surface area contributed by atoms with Gasteiger partial charge in [-0.3, -0.25) is 9.36 Å². The van der Waals surface area contributed by atoms with Gasteiger partial charge in [0, 0.05) is 12.6 Å². The molecule has 130 valence electrons. The van der Waals surface area contributed by atoms with Crippen LogP contribution < -0.4 is 5.73 Å². The predicted molar refractivity (Wildman–Crippen MR) is 86.0 cm³/mol. The van der Waals surface area contributed by atoms with E-state index >= 15 is 0 Å². The molecule has 1 saturated carbocycles. The van der Waals surface area contributed by atoms with Crippen LogP contribution in [0.3, 0.4) is 0 Å². The van der Waals surface area contributed by atoms with Gasteiger partial charge in [-0.05, 0) is 32.1 Å². The van der Waals surface area contributed by atoms with E-state index < -0.39 is 25.6 Å². The zero-order chi connectivity index (χ0) is 16.8. The van der Waals surface area contributed by atoms with Crippen LogP contribution >= 0.6 is 7.37 Å². The Morgan fingerprint density at radius 1 is 1.27 bits per heavy atom. The van der Waals surface area contributed by atoms with Gasteiger partial charge in [0.15, 0.2) is 5.78 Å². The molecule has 0 aromatic heterocycles. The maximum atomic E-state index is 12.2. The van der Waals surface area contributed by atoms with Crippen LogP contribution in [0.15, 0.2) is 0 Å². The lowest BCUT2D eigenvalue weighted by Crippen LogP contribution is -2.40. The van der Waals surface area contributed by atoms with E-state index in [1.807, 2.05) is 0 Å². The number of carbonyl (C=O) groups is 1. The van der Waals surface area contributed by atoms with Crippen LogP contribution in [0.2, 0.25) is 0 Å². The van der Waals surface area contributed by atoms with E-state index in [9.17, 15) is 24.5 Å². The number of aliphatic hydroxyl groups excluding tert-OH is 2. The minimum absolute atomic E-state index is 0.0106. The first kappa shape index (κ1) is 19.8. The van der Waals surface area contributed by atoms with Crippen LogP contribution in [0.4, 0.5) is 0 Å². The van der Waals surface area contributed by atoms with E-state index in [2.05, 4.69) is 0 Å². The second-order valence-corrected chi connectivity index (χ2v) is 9.06. The summed E-state index contributed by atoms with van der Waals surface area (Å²) in [6.07, 6.45) is 3.70. The van der Waals surface area contributed by atoms with Gasteiger partial charge >= 0.3 is 0 Å². The lowest BCUT2D eigenvalue weighted by Gasteiger charge is -2.25. The van der Waals surface area contributed by atoms with Crippen LogP contribution in [-0.2, 0) is 9.36 Å². The smallest absolute Gasteiger partial charge is 0.203 e. The zero-order valence-electron chi connectivity index (χ0n) is 13.4. The van der Waals surface area contributed by atoms with Crippen molar-refractivity contribution < 1.29 is 24.5 Å². The summed E-state index contributed by atoms with van der Waals surface area (Å²) in [7, 11) is -3.36. The van der Waals surface area contributed by atoms with E-state index in [-0.39, 0.29) is 36.9 Å². The first-order valence-corrected chi connectivity index (χ1v) is 10.2. The highest BCUT2D eigenvalue weighted by atomic mass is 31.2. The summed E-state index contributed by atoms with van der Waals surface area (Å²) in [5, 5.41) is 19.1. The Morgan fingerprint density at radius 2 is 1.86 bits per heavy atom. The molecular formula is C15H30NO5P. The van der Waals surface area contributed by atoms with Crippen molar-refractivity contribution in [1.29, 1.82) is 0 Å². The molecule has 1 rings (SSSR count). The summed E-state index contributed by atoms with van der Waals surface area (Å²) in [4.78, 5) is 21.7. The summed E-state index contributed by atoms with van der Waals surface area (Å²) in [5.41, 5.74) is 5.51. The Labute approximate surface area is 132 Å². The number of hydrogen-bond acceptors (Lipinski definition) is 5. The van der Waals surface area contributed by atoms with Gasteiger partial charge in [0.05, 0.1) is 24.4 Å². The quantitative estimate of drug-likeness (QED) is 0.471. The topological polar surface area (TPSA) is 121 Å². The van der Waals surface area contributed by atoms with Gasteiger partial charge in [0.25, 0.3) is 0 Å². The van der Waals surface area contributed by atoms with Crippen molar-refractivity contribution in [2.45, 2.75) is 70.1 Å². The van der Waals surface area contributed by atoms with Crippen molar-refractivity contribution in [1.82, 2.24) is 0 Å². The SMILES string of the molecule is CC(O)[C@H](N)C(=O)CC[C@@H](O)CP(=O)(O)CC1CCCCC1. The minimum atomic E-state index is -3.36. The van der Waals surface area contributed by atoms with E-state index in [0.717, 1.165) is 25.7 Å². The second-order valence-electron chi connectivity index (χ2n) is 6.64. The highest BCUT2D eigenvalue weighted by Gasteiger charge is 2.28. The molecule has 7 heteroatoms. The summed E-state index contributed by atoms with van der Waals surface area (Å²) >= 11 is 0. The normalized spacial score (nSPS) is 23.5. The first-order chi connectivity index (χ1) is 10.2. The highest BCUT2D eigenvalue weighted by Crippen LogP contribution is 2.46.